The van der Waals surface area contributed by atoms with Crippen LogP contribution >= 0.6 is 0 Å². The van der Waals surface area contributed by atoms with Gasteiger partial charge >= 0.3 is 6.18 Å². The molecule has 0 aliphatic heterocycles. The predicted octanol–water partition coefficient (Wildman–Crippen LogP) is 4.57. The summed E-state index contributed by atoms with van der Waals surface area (Å²) in [4.78, 5) is 16.1. The van der Waals surface area contributed by atoms with Crippen LogP contribution in [-0.2, 0) is 13.2 Å². The number of para-hydroxylation sites is 1. The first-order valence-corrected chi connectivity index (χ1v) is 9.95. The maximum atomic E-state index is 13.3. The van der Waals surface area contributed by atoms with E-state index in [0.717, 1.165) is 17.5 Å². The number of pyridine rings is 1. The molecule has 0 fully saturated rings. The first-order chi connectivity index (χ1) is 14.7. The lowest BCUT2D eigenvalue weighted by atomic mass is 9.98. The molecule has 0 saturated heterocycles. The third-order valence-electron chi connectivity index (χ3n) is 5.39. The molecule has 9 heteroatoms. The molecule has 2 N–H and O–H groups in total. The summed E-state index contributed by atoms with van der Waals surface area (Å²) in [6, 6.07) is 9.45. The van der Waals surface area contributed by atoms with Gasteiger partial charge in [0.25, 0.3) is 5.91 Å². The smallest absolute Gasteiger partial charge is 0.359 e. The number of aryl methyl sites for hydroxylation is 2. The van der Waals surface area contributed by atoms with Crippen LogP contribution in [0.25, 0.3) is 10.9 Å². The van der Waals surface area contributed by atoms with Gasteiger partial charge in [0.1, 0.15) is 11.4 Å². The van der Waals surface area contributed by atoms with Crippen LogP contribution in [-0.4, -0.2) is 26.7 Å². The number of allylic oxidation sites excluding steroid dienone is 1. The molecule has 2 aromatic heterocycles. The first-order valence-electron chi connectivity index (χ1n) is 9.95. The van der Waals surface area contributed by atoms with Gasteiger partial charge in [-0.15, -0.1) is 0 Å². The van der Waals surface area contributed by atoms with Gasteiger partial charge < -0.3 is 10.6 Å². The van der Waals surface area contributed by atoms with E-state index in [0.29, 0.717) is 36.0 Å². The Balaban J connectivity index is 1.48. The number of carbonyl (C=O) groups is 1. The van der Waals surface area contributed by atoms with Crippen molar-refractivity contribution in [1.82, 2.24) is 20.1 Å². The minimum absolute atomic E-state index is 0.0553. The molecule has 1 amide bonds. The van der Waals surface area contributed by atoms with Crippen LogP contribution in [0.4, 0.5) is 18.9 Å². The number of anilines is 1. The average Bonchev–Trinajstić information content (AvgIpc) is 3.07. The second kappa shape index (κ2) is 8.05. The van der Waals surface area contributed by atoms with Crippen LogP contribution in [0.3, 0.4) is 0 Å². The van der Waals surface area contributed by atoms with Gasteiger partial charge in [0.2, 0.25) is 0 Å². The lowest BCUT2D eigenvalue weighted by Gasteiger charge is -2.24. The van der Waals surface area contributed by atoms with E-state index < -0.39 is 11.9 Å². The van der Waals surface area contributed by atoms with E-state index in [4.69, 9.17) is 0 Å². The Hall–Kier alpha value is -3.36. The number of carbonyl (C=O) groups excluding carboxylic acids is 1. The second-order valence-corrected chi connectivity index (χ2v) is 7.66. The average molecular weight is 429 g/mol. The fourth-order valence-corrected chi connectivity index (χ4v) is 3.61. The minimum atomic E-state index is -4.53. The Labute approximate surface area is 177 Å². The van der Waals surface area contributed by atoms with E-state index in [1.807, 2.05) is 13.0 Å². The summed E-state index contributed by atoms with van der Waals surface area (Å²) in [5.74, 6) is -0.228. The maximum absolute atomic E-state index is 13.3. The highest BCUT2D eigenvalue weighted by Gasteiger charge is 2.33. The van der Waals surface area contributed by atoms with Crippen LogP contribution in [0.15, 0.2) is 48.2 Å². The molecule has 1 aliphatic rings. The zero-order valence-electron chi connectivity index (χ0n) is 17.1. The largest absolute Gasteiger partial charge is 0.433 e. The van der Waals surface area contributed by atoms with Crippen molar-refractivity contribution < 1.29 is 18.0 Å². The van der Waals surface area contributed by atoms with Gasteiger partial charge in [-0.25, -0.2) is 4.98 Å². The molecule has 0 spiro atoms. The molecular weight excluding hydrogens is 407 g/mol. The molecule has 0 saturated carbocycles. The van der Waals surface area contributed by atoms with Crippen LogP contribution < -0.4 is 10.6 Å². The Morgan fingerprint density at radius 2 is 2.00 bits per heavy atom. The van der Waals surface area contributed by atoms with E-state index in [1.165, 1.54) is 0 Å². The minimum Gasteiger partial charge on any atom is -0.359 e. The highest BCUT2D eigenvalue weighted by Crippen LogP contribution is 2.34. The Kier molecular flexibility index (Phi) is 5.43. The summed E-state index contributed by atoms with van der Waals surface area (Å²) in [6.45, 7) is 1.87. The third-order valence-corrected chi connectivity index (χ3v) is 5.39. The number of aromatic nitrogens is 3. The molecule has 31 heavy (non-hydrogen) atoms. The van der Waals surface area contributed by atoms with Crippen molar-refractivity contribution in [2.45, 2.75) is 38.4 Å². The molecule has 1 atom stereocenters. The summed E-state index contributed by atoms with van der Waals surface area (Å²) < 4.78 is 41.4. The number of benzene rings is 1. The molecule has 1 aromatic carbocycles. The highest BCUT2D eigenvalue weighted by molar-refractivity contribution is 5.93. The number of nitrogens with zero attached hydrogens (tertiary/aromatic N) is 3. The molecule has 0 bridgehead atoms. The quantitative estimate of drug-likeness (QED) is 0.637. The van der Waals surface area contributed by atoms with E-state index in [1.54, 1.807) is 42.1 Å². The van der Waals surface area contributed by atoms with Gasteiger partial charge in [-0.05, 0) is 44.4 Å². The number of rotatable bonds is 4. The van der Waals surface area contributed by atoms with Gasteiger partial charge in [0, 0.05) is 35.6 Å². The van der Waals surface area contributed by atoms with Gasteiger partial charge in [-0.1, -0.05) is 24.3 Å². The molecule has 162 valence electrons. The van der Waals surface area contributed by atoms with Gasteiger partial charge in [-0.2, -0.15) is 18.3 Å². The van der Waals surface area contributed by atoms with Crippen molar-refractivity contribution in [3.63, 3.8) is 0 Å². The number of halogens is 3. The number of hydrogen-bond acceptors (Lipinski definition) is 4. The van der Waals surface area contributed by atoms with E-state index in [-0.39, 0.29) is 17.5 Å². The summed E-state index contributed by atoms with van der Waals surface area (Å²) in [5.41, 5.74) is 1.81. The topological polar surface area (TPSA) is 71.8 Å². The normalized spacial score (nSPS) is 16.8. The summed E-state index contributed by atoms with van der Waals surface area (Å²) in [6.07, 6.45) is -0.758. The van der Waals surface area contributed by atoms with Crippen molar-refractivity contribution in [1.29, 1.82) is 0 Å². The monoisotopic (exact) mass is 429 g/mol. The van der Waals surface area contributed by atoms with E-state index >= 15 is 0 Å². The van der Waals surface area contributed by atoms with Crippen molar-refractivity contribution in [3.8, 4) is 0 Å². The number of nitrogens with one attached hydrogen (secondary N) is 2. The van der Waals surface area contributed by atoms with E-state index in [9.17, 15) is 18.0 Å². The SMILES string of the molecule is Cc1cc(C(=O)NC2CC=C(Nc3cc(C(F)(F)F)nc4ccccc34)CC2)nn1C. The fraction of sp³-hybridized carbons (Fsp3) is 0.318. The number of hydrogen-bond donors (Lipinski definition) is 2. The predicted molar refractivity (Wildman–Crippen MR) is 112 cm³/mol. The lowest BCUT2D eigenvalue weighted by Crippen LogP contribution is -2.36. The summed E-state index contributed by atoms with van der Waals surface area (Å²) >= 11 is 0. The molecule has 0 radical (unpaired) electrons. The Morgan fingerprint density at radius 3 is 2.65 bits per heavy atom. The molecule has 1 unspecified atom stereocenters. The number of fused-ring (bicyclic) bond motifs is 1. The molecule has 1 aliphatic carbocycles. The zero-order valence-corrected chi connectivity index (χ0v) is 17.1. The molecule has 2 heterocycles. The van der Waals surface area contributed by atoms with Gasteiger partial charge in [-0.3, -0.25) is 9.48 Å². The Morgan fingerprint density at radius 1 is 1.23 bits per heavy atom. The maximum Gasteiger partial charge on any atom is 0.433 e. The molecule has 4 rings (SSSR count). The summed E-state index contributed by atoms with van der Waals surface area (Å²) in [5, 5.41) is 10.9. The molecule has 3 aromatic rings. The van der Waals surface area contributed by atoms with E-state index in [2.05, 4.69) is 20.7 Å². The zero-order chi connectivity index (χ0) is 22.2. The number of amides is 1. The lowest BCUT2D eigenvalue weighted by molar-refractivity contribution is -0.140. The van der Waals surface area contributed by atoms with Crippen LogP contribution in [0.5, 0.6) is 0 Å². The van der Waals surface area contributed by atoms with Crippen molar-refractivity contribution in [2.24, 2.45) is 7.05 Å². The van der Waals surface area contributed by atoms with Crippen molar-refractivity contribution >= 4 is 22.5 Å². The van der Waals surface area contributed by atoms with Gasteiger partial charge in [0.05, 0.1) is 5.52 Å². The first kappa shape index (κ1) is 20.9. The highest BCUT2D eigenvalue weighted by atomic mass is 19.4. The number of alkyl halides is 3. The standard InChI is InChI=1S/C22H22F3N5O/c1-13-11-19(29-30(13)2)21(31)27-15-9-7-14(8-10-15)26-18-12-20(22(23,24)25)28-17-6-4-3-5-16(17)18/h3-7,11-12,15H,8-10H2,1-2H3,(H,26,28)(H,27,31). The van der Waals surface area contributed by atoms with Crippen LogP contribution in [0, 0.1) is 6.92 Å². The third kappa shape index (κ3) is 4.55. The summed E-state index contributed by atoms with van der Waals surface area (Å²) in [7, 11) is 1.78. The van der Waals surface area contributed by atoms with Crippen LogP contribution in [0.1, 0.15) is 41.1 Å². The fourth-order valence-electron chi connectivity index (χ4n) is 3.61. The molecular formula is C22H22F3N5O. The Bertz CT molecular complexity index is 1150. The second-order valence-electron chi connectivity index (χ2n) is 7.66. The van der Waals surface area contributed by atoms with Crippen molar-refractivity contribution in [2.75, 3.05) is 5.32 Å². The van der Waals surface area contributed by atoms with Crippen molar-refractivity contribution in [3.05, 3.63) is 65.3 Å². The molecule has 6 nitrogen and oxygen atoms in total. The van der Waals surface area contributed by atoms with Crippen LogP contribution in [0.2, 0.25) is 0 Å². The van der Waals surface area contributed by atoms with Gasteiger partial charge in [0.15, 0.2) is 0 Å².